The summed E-state index contributed by atoms with van der Waals surface area (Å²) in [6.07, 6.45) is 4.49. The van der Waals surface area contributed by atoms with Crippen LogP contribution in [-0.2, 0) is 38.1 Å². The zero-order valence-corrected chi connectivity index (χ0v) is 34.0. The van der Waals surface area contributed by atoms with Crippen LogP contribution < -0.4 is 0 Å². The molecule has 0 spiro atoms. The molecular weight excluding hydrogens is 710 g/mol. The van der Waals surface area contributed by atoms with Gasteiger partial charge in [-0.1, -0.05) is 38.5 Å². The zero-order valence-electron chi connectivity index (χ0n) is 34.0. The second-order valence-electron chi connectivity index (χ2n) is 16.9. The van der Waals surface area contributed by atoms with Crippen molar-refractivity contribution in [3.63, 3.8) is 0 Å². The molecule has 0 unspecified atom stereocenters. The topological polar surface area (TPSA) is 189 Å². The van der Waals surface area contributed by atoms with Gasteiger partial charge in [-0.25, -0.2) is 4.79 Å². The van der Waals surface area contributed by atoms with E-state index in [-0.39, 0.29) is 62.6 Å². The quantitative estimate of drug-likeness (QED) is 0.174. The number of methoxy groups -OCH3 is 2. The Morgan fingerprint density at radius 3 is 2.25 bits per heavy atom. The summed E-state index contributed by atoms with van der Waals surface area (Å²) in [5.41, 5.74) is 1.58. The molecule has 312 valence electrons. The molecule has 3 heterocycles. The average molecular weight is 778 g/mol. The average Bonchev–Trinajstić information content (AvgIpc) is 3.16. The van der Waals surface area contributed by atoms with Gasteiger partial charge in [-0.05, 0) is 102 Å². The van der Waals surface area contributed by atoms with Gasteiger partial charge in [0.15, 0.2) is 0 Å². The molecule has 2 bridgehead atoms. The number of amides is 1. The first kappa shape index (κ1) is 45.2. The molecule has 4 rings (SSSR count). The summed E-state index contributed by atoms with van der Waals surface area (Å²) in [6.45, 7) is 8.95. The molecule has 4 N–H and O–H groups in total. The van der Waals surface area contributed by atoms with E-state index in [0.29, 0.717) is 44.1 Å². The maximum absolute atomic E-state index is 14.2. The lowest BCUT2D eigenvalue weighted by atomic mass is 9.82. The number of cyclic esters (lactones) is 1. The fourth-order valence-electron chi connectivity index (χ4n) is 9.15. The van der Waals surface area contributed by atoms with Gasteiger partial charge >= 0.3 is 5.97 Å². The number of ketones is 2. The Bertz CT molecular complexity index is 1390. The molecule has 3 aliphatic heterocycles. The Hall–Kier alpha value is -2.52. The van der Waals surface area contributed by atoms with Gasteiger partial charge in [-0.15, -0.1) is 0 Å². The third kappa shape index (κ3) is 11.1. The van der Waals surface area contributed by atoms with E-state index in [0.717, 1.165) is 18.4 Å². The minimum Gasteiger partial charge on any atom is -0.456 e. The van der Waals surface area contributed by atoms with E-state index in [1.807, 2.05) is 32.9 Å². The van der Waals surface area contributed by atoms with Crippen molar-refractivity contribution in [3.8, 4) is 0 Å². The third-order valence-electron chi connectivity index (χ3n) is 12.5. The summed E-state index contributed by atoms with van der Waals surface area (Å²) in [4.78, 5) is 57.5. The second kappa shape index (κ2) is 20.3. The van der Waals surface area contributed by atoms with Gasteiger partial charge in [0.25, 0.3) is 11.7 Å². The summed E-state index contributed by atoms with van der Waals surface area (Å²) in [5.74, 6) is -7.84. The van der Waals surface area contributed by atoms with Crippen LogP contribution in [0.25, 0.3) is 0 Å². The van der Waals surface area contributed by atoms with Crippen molar-refractivity contribution in [2.45, 2.75) is 160 Å². The standard InChI is InChI=1S/C42H67NO12/c1-24-18-25(2)20-35(52-6)38-36(53-7)22-27(4)42(51,55-38)39(48)40(49)43-16-9-8-10-32(43)41(50)54-37(26(3)21-29-11-13-31(45)14-12-29)28(5)33(46)23-34(47)30(19-24)15-17-44/h19,21,25,27-33,35-38,44-46,51H,8-18,20,22-23H2,1-7H3/b24-19+,26-21+/t25-,27+,28+,29?,30+,31?,32-,33-,35-,36-,37+,38+,42+/m0/s1. The fraction of sp³-hybridized carbons (Fsp3) is 0.810. The number of aliphatic hydroxyl groups excluding tert-OH is 3. The Balaban J connectivity index is 1.77. The molecule has 0 aromatic carbocycles. The lowest BCUT2D eigenvalue weighted by Gasteiger charge is -2.47. The second-order valence-corrected chi connectivity index (χ2v) is 16.9. The zero-order chi connectivity index (χ0) is 40.6. The molecule has 1 amide bonds. The highest BCUT2D eigenvalue weighted by atomic mass is 16.7. The Morgan fingerprint density at radius 2 is 1.62 bits per heavy atom. The molecule has 1 saturated carbocycles. The van der Waals surface area contributed by atoms with Gasteiger partial charge < -0.3 is 44.3 Å². The first-order valence-corrected chi connectivity index (χ1v) is 20.4. The number of piperidine rings is 1. The number of hydrogen-bond donors (Lipinski definition) is 4. The molecule has 13 heteroatoms. The van der Waals surface area contributed by atoms with Crippen LogP contribution in [0.2, 0.25) is 0 Å². The van der Waals surface area contributed by atoms with Crippen molar-refractivity contribution in [1.82, 2.24) is 4.90 Å². The van der Waals surface area contributed by atoms with Crippen LogP contribution in [-0.4, -0.2) is 125 Å². The molecule has 2 saturated heterocycles. The molecule has 13 nitrogen and oxygen atoms in total. The van der Waals surface area contributed by atoms with E-state index < -0.39 is 77.8 Å². The van der Waals surface area contributed by atoms with E-state index in [9.17, 15) is 39.6 Å². The largest absolute Gasteiger partial charge is 0.456 e. The lowest BCUT2D eigenvalue weighted by molar-refractivity contribution is -0.302. The molecule has 0 aromatic heterocycles. The van der Waals surface area contributed by atoms with Gasteiger partial charge in [0.2, 0.25) is 5.79 Å². The molecule has 0 aromatic rings. The number of carbonyl (C=O) groups is 4. The smallest absolute Gasteiger partial charge is 0.329 e. The third-order valence-corrected chi connectivity index (χ3v) is 12.5. The lowest BCUT2D eigenvalue weighted by Crippen LogP contribution is -2.64. The summed E-state index contributed by atoms with van der Waals surface area (Å²) < 4.78 is 24.1. The highest BCUT2D eigenvalue weighted by molar-refractivity contribution is 6.39. The first-order chi connectivity index (χ1) is 26.0. The van der Waals surface area contributed by atoms with E-state index in [1.54, 1.807) is 13.8 Å². The number of nitrogens with zero attached hydrogens (tertiary/aromatic N) is 1. The summed E-state index contributed by atoms with van der Waals surface area (Å²) in [5, 5.41) is 43.6. The van der Waals surface area contributed by atoms with E-state index in [1.165, 1.54) is 19.1 Å². The minimum atomic E-state index is -2.51. The van der Waals surface area contributed by atoms with Gasteiger partial charge in [-0.2, -0.15) is 0 Å². The van der Waals surface area contributed by atoms with Crippen molar-refractivity contribution in [2.24, 2.45) is 29.6 Å². The normalized spacial score (nSPS) is 40.7. The summed E-state index contributed by atoms with van der Waals surface area (Å²) in [6, 6.07) is -1.13. The van der Waals surface area contributed by atoms with Gasteiger partial charge in [0.1, 0.15) is 24.0 Å². The summed E-state index contributed by atoms with van der Waals surface area (Å²) in [7, 11) is 3.03. The maximum atomic E-state index is 14.2. The number of esters is 1. The predicted octanol–water partition coefficient (Wildman–Crippen LogP) is 3.82. The van der Waals surface area contributed by atoms with Crippen molar-refractivity contribution in [2.75, 3.05) is 27.4 Å². The molecule has 4 aliphatic rings. The fourth-order valence-corrected chi connectivity index (χ4v) is 9.15. The highest BCUT2D eigenvalue weighted by Gasteiger charge is 2.56. The van der Waals surface area contributed by atoms with E-state index in [2.05, 4.69) is 0 Å². The highest BCUT2D eigenvalue weighted by Crippen LogP contribution is 2.39. The Morgan fingerprint density at radius 1 is 0.964 bits per heavy atom. The van der Waals surface area contributed by atoms with Crippen molar-refractivity contribution >= 4 is 23.4 Å². The molecule has 11 atom stereocenters. The van der Waals surface area contributed by atoms with Crippen molar-refractivity contribution < 1.29 is 58.6 Å². The van der Waals surface area contributed by atoms with Crippen LogP contribution in [0.4, 0.5) is 0 Å². The van der Waals surface area contributed by atoms with Crippen LogP contribution in [0.1, 0.15) is 112 Å². The number of allylic oxidation sites excluding steroid dienone is 3. The van der Waals surface area contributed by atoms with Gasteiger partial charge in [0.05, 0.1) is 24.4 Å². The SMILES string of the molecule is CO[C@H]1C[C@@H](C)C/C(C)=C/[C@@H](CCO)C(=O)C[C@H](O)[C@@H](C)[C@@H](/C(C)=C/C2CCC(O)CC2)OC(=O)[C@@H]2CCCCN2C(=O)C(=O)[C@]2(O)O[C@H]1[C@@H](OC)C[C@H]2C. The number of rotatable bonds is 6. The van der Waals surface area contributed by atoms with Gasteiger partial charge in [0, 0.05) is 51.5 Å². The van der Waals surface area contributed by atoms with Crippen LogP contribution in [0.5, 0.6) is 0 Å². The number of Topliss-reactive ketones (excluding diaryl/α,β-unsaturated/α-hetero) is 2. The maximum Gasteiger partial charge on any atom is 0.329 e. The molecule has 0 radical (unpaired) electrons. The number of aliphatic hydroxyl groups is 4. The monoisotopic (exact) mass is 777 g/mol. The number of carbonyl (C=O) groups excluding carboxylic acids is 4. The van der Waals surface area contributed by atoms with Crippen LogP contribution in [0.3, 0.4) is 0 Å². The predicted molar refractivity (Wildman–Crippen MR) is 203 cm³/mol. The van der Waals surface area contributed by atoms with Crippen molar-refractivity contribution in [3.05, 3.63) is 23.3 Å². The Kier molecular flexibility index (Phi) is 16.6. The molecular formula is C42H67NO12. The van der Waals surface area contributed by atoms with Crippen LogP contribution >= 0.6 is 0 Å². The Labute approximate surface area is 326 Å². The molecule has 3 fully saturated rings. The van der Waals surface area contributed by atoms with E-state index >= 15 is 0 Å². The number of ether oxygens (including phenoxy) is 4. The molecule has 1 aliphatic carbocycles. The van der Waals surface area contributed by atoms with Crippen LogP contribution in [0.15, 0.2) is 23.3 Å². The van der Waals surface area contributed by atoms with Gasteiger partial charge in [-0.3, -0.25) is 14.4 Å². The van der Waals surface area contributed by atoms with Crippen LogP contribution in [0, 0.1) is 29.6 Å². The molecule has 55 heavy (non-hydrogen) atoms. The number of fused-ring (bicyclic) bond motifs is 3. The summed E-state index contributed by atoms with van der Waals surface area (Å²) >= 11 is 0. The number of hydrogen-bond acceptors (Lipinski definition) is 12. The van der Waals surface area contributed by atoms with Crippen molar-refractivity contribution in [1.29, 1.82) is 0 Å². The minimum absolute atomic E-state index is 0.0168. The first-order valence-electron chi connectivity index (χ1n) is 20.4. The van der Waals surface area contributed by atoms with E-state index in [4.69, 9.17) is 18.9 Å².